The van der Waals surface area contributed by atoms with Gasteiger partial charge in [-0.3, -0.25) is 4.79 Å². The van der Waals surface area contributed by atoms with E-state index in [4.69, 9.17) is 15.6 Å². The van der Waals surface area contributed by atoms with Crippen LogP contribution in [-0.4, -0.2) is 46.1 Å². The van der Waals surface area contributed by atoms with Crippen molar-refractivity contribution in [2.24, 2.45) is 5.73 Å². The first-order valence-electron chi connectivity index (χ1n) is 8.98. The molecule has 0 radical (unpaired) electrons. The molecule has 8 nitrogen and oxygen atoms in total. The third-order valence-electron chi connectivity index (χ3n) is 4.44. The van der Waals surface area contributed by atoms with Crippen LogP contribution in [0.5, 0.6) is 5.75 Å². The second-order valence-corrected chi connectivity index (χ2v) is 6.36. The lowest BCUT2D eigenvalue weighted by Gasteiger charge is -2.14. The number of ether oxygens (including phenoxy) is 1. The van der Waals surface area contributed by atoms with E-state index in [0.717, 1.165) is 11.1 Å². The molecule has 2 aromatic carbocycles. The van der Waals surface area contributed by atoms with Gasteiger partial charge in [0.1, 0.15) is 11.8 Å². The molecule has 2 aromatic rings. The smallest absolute Gasteiger partial charge is 0.243 e. The molecule has 7 N–H and O–H groups in total. The van der Waals surface area contributed by atoms with Crippen molar-refractivity contribution in [1.82, 2.24) is 0 Å². The van der Waals surface area contributed by atoms with Crippen molar-refractivity contribution in [3.05, 3.63) is 58.1 Å². The Morgan fingerprint density at radius 3 is 2.17 bits per heavy atom. The van der Waals surface area contributed by atoms with E-state index >= 15 is 0 Å². The van der Waals surface area contributed by atoms with Crippen molar-refractivity contribution in [2.45, 2.75) is 25.9 Å². The van der Waals surface area contributed by atoms with E-state index in [9.17, 15) is 20.1 Å². The number of carbonyl (C=O) groups is 1. The van der Waals surface area contributed by atoms with Gasteiger partial charge in [-0.1, -0.05) is 18.2 Å². The third kappa shape index (κ3) is 5.63. The number of nitrogens with two attached hydrogens (primary N) is 1. The van der Waals surface area contributed by atoms with Crippen LogP contribution < -0.4 is 15.8 Å². The molecule has 0 bridgehead atoms. The zero-order valence-corrected chi connectivity index (χ0v) is 16.1. The number of aliphatic hydroxyl groups excluding tert-OH is 4. The molecule has 1 atom stereocenters. The minimum absolute atomic E-state index is 0.256. The highest BCUT2D eigenvalue weighted by molar-refractivity contribution is 5.96. The summed E-state index contributed by atoms with van der Waals surface area (Å²) in [7, 11) is 1.47. The average Bonchev–Trinajstić information content (AvgIpc) is 2.76. The first-order valence-corrected chi connectivity index (χ1v) is 8.98. The van der Waals surface area contributed by atoms with Gasteiger partial charge in [0.15, 0.2) is 0 Å². The maximum absolute atomic E-state index is 12.0. The molecule has 0 saturated carbocycles. The van der Waals surface area contributed by atoms with Gasteiger partial charge in [-0.2, -0.15) is 0 Å². The summed E-state index contributed by atoms with van der Waals surface area (Å²) in [6, 6.07) is 7.59. The van der Waals surface area contributed by atoms with E-state index in [1.54, 1.807) is 42.5 Å². The maximum atomic E-state index is 12.0. The van der Waals surface area contributed by atoms with Crippen LogP contribution in [0.3, 0.4) is 0 Å². The van der Waals surface area contributed by atoms with E-state index < -0.39 is 18.6 Å². The predicted molar refractivity (Wildman–Crippen MR) is 110 cm³/mol. The summed E-state index contributed by atoms with van der Waals surface area (Å²) in [6.45, 7) is -1.26. The van der Waals surface area contributed by atoms with Gasteiger partial charge in [0.05, 0.1) is 39.2 Å². The molecule has 0 aromatic heterocycles. The van der Waals surface area contributed by atoms with Crippen molar-refractivity contribution in [3.63, 3.8) is 0 Å². The second-order valence-electron chi connectivity index (χ2n) is 6.36. The van der Waals surface area contributed by atoms with E-state index in [1.165, 1.54) is 7.11 Å². The number of aliphatic hydroxyl groups is 4. The Balaban J connectivity index is 2.33. The van der Waals surface area contributed by atoms with Crippen LogP contribution in [0.15, 0.2) is 30.3 Å². The Labute approximate surface area is 168 Å². The van der Waals surface area contributed by atoms with E-state index in [2.05, 4.69) is 5.32 Å². The minimum atomic E-state index is -1.04. The summed E-state index contributed by atoms with van der Waals surface area (Å²) in [5.41, 5.74) is 9.02. The van der Waals surface area contributed by atoms with Gasteiger partial charge >= 0.3 is 0 Å². The number of rotatable bonds is 9. The van der Waals surface area contributed by atoms with Gasteiger partial charge in [0, 0.05) is 0 Å². The van der Waals surface area contributed by atoms with E-state index in [0.29, 0.717) is 28.1 Å². The monoisotopic (exact) mass is 402 g/mol. The third-order valence-corrected chi connectivity index (χ3v) is 4.44. The van der Waals surface area contributed by atoms with Gasteiger partial charge in [-0.15, -0.1) is 0 Å². The number of carbonyl (C=O) groups excluding carboxylic acids is 1. The molecule has 0 spiro atoms. The lowest BCUT2D eigenvalue weighted by atomic mass is 9.98. The first-order chi connectivity index (χ1) is 14.0. The van der Waals surface area contributed by atoms with Crippen molar-refractivity contribution in [1.29, 1.82) is 0 Å². The van der Waals surface area contributed by atoms with Gasteiger partial charge in [-0.25, -0.2) is 0 Å². The predicted octanol–water partition coefficient (Wildman–Crippen LogP) is 0.601. The van der Waals surface area contributed by atoms with Gasteiger partial charge in [0.2, 0.25) is 5.91 Å². The molecule has 0 fully saturated rings. The Morgan fingerprint density at radius 1 is 1.03 bits per heavy atom. The summed E-state index contributed by atoms with van der Waals surface area (Å²) in [6.07, 6.45) is 3.57. The highest BCUT2D eigenvalue weighted by Crippen LogP contribution is 2.27. The van der Waals surface area contributed by atoms with Crippen LogP contribution in [0, 0.1) is 0 Å². The molecule has 0 aliphatic carbocycles. The van der Waals surface area contributed by atoms with E-state index in [1.807, 2.05) is 0 Å². The largest absolute Gasteiger partial charge is 0.495 e. The summed E-state index contributed by atoms with van der Waals surface area (Å²) < 4.78 is 5.24. The van der Waals surface area contributed by atoms with Crippen molar-refractivity contribution >= 4 is 23.7 Å². The molecule has 0 saturated heterocycles. The number of hydrogen-bond donors (Lipinski definition) is 6. The fourth-order valence-corrected chi connectivity index (χ4v) is 2.83. The molecule has 8 heteroatoms. The lowest BCUT2D eigenvalue weighted by molar-refractivity contribution is -0.118. The van der Waals surface area contributed by atoms with Gasteiger partial charge < -0.3 is 36.2 Å². The normalized spacial score (nSPS) is 12.2. The SMILES string of the molecule is COc1ccc(/C=C\c2cc(CO)c(CO)c(CO)c2)cc1NC(=O)[C@@H](N)CO. The number of nitrogens with one attached hydrogen (secondary N) is 1. The summed E-state index contributed by atoms with van der Waals surface area (Å²) in [5.74, 6) is -0.0928. The molecule has 0 unspecified atom stereocenters. The van der Waals surface area contributed by atoms with Crippen LogP contribution in [0.25, 0.3) is 12.2 Å². The average molecular weight is 402 g/mol. The number of benzene rings is 2. The van der Waals surface area contributed by atoms with Gasteiger partial charge in [0.25, 0.3) is 0 Å². The fourth-order valence-electron chi connectivity index (χ4n) is 2.83. The van der Waals surface area contributed by atoms with Crippen molar-refractivity contribution in [2.75, 3.05) is 19.0 Å². The highest BCUT2D eigenvalue weighted by Gasteiger charge is 2.14. The molecular formula is C21H26N2O6. The molecule has 1 amide bonds. The second kappa shape index (κ2) is 10.7. The van der Waals surface area contributed by atoms with Gasteiger partial charge in [-0.05, 0) is 52.1 Å². The quantitative estimate of drug-likeness (QED) is 0.337. The Morgan fingerprint density at radius 2 is 1.66 bits per heavy atom. The number of methoxy groups -OCH3 is 1. The van der Waals surface area contributed by atoms with Crippen LogP contribution in [-0.2, 0) is 24.6 Å². The summed E-state index contributed by atoms with van der Waals surface area (Å²) in [4.78, 5) is 12.0. The molecular weight excluding hydrogens is 376 g/mol. The van der Waals surface area contributed by atoms with E-state index in [-0.39, 0.29) is 19.8 Å². The Hall–Kier alpha value is -2.75. The standard InChI is InChI=1S/C21H26N2O6/c1-29-20-5-4-13(8-19(20)23-21(28)18(22)12-27)2-3-14-6-15(9-24)17(11-26)16(7-14)10-25/h2-8,18,24-27H,9-12,22H2,1H3,(H,23,28)/b3-2-/t18-/m0/s1. The minimum Gasteiger partial charge on any atom is -0.495 e. The van der Waals surface area contributed by atoms with Crippen molar-refractivity contribution in [3.8, 4) is 5.75 Å². The Bertz CT molecular complexity index is 856. The first kappa shape index (κ1) is 22.5. The zero-order valence-electron chi connectivity index (χ0n) is 16.1. The van der Waals surface area contributed by atoms with Crippen LogP contribution in [0.2, 0.25) is 0 Å². The molecule has 0 aliphatic rings. The number of anilines is 1. The zero-order chi connectivity index (χ0) is 21.4. The number of hydrogen-bond acceptors (Lipinski definition) is 7. The van der Waals surface area contributed by atoms with Crippen LogP contribution >= 0.6 is 0 Å². The van der Waals surface area contributed by atoms with Crippen LogP contribution in [0.1, 0.15) is 27.8 Å². The number of amides is 1. The van der Waals surface area contributed by atoms with Crippen LogP contribution in [0.4, 0.5) is 5.69 Å². The highest BCUT2D eigenvalue weighted by atomic mass is 16.5. The summed E-state index contributed by atoms with van der Waals surface area (Å²) >= 11 is 0. The molecule has 2 rings (SSSR count). The molecule has 156 valence electrons. The molecule has 0 aliphatic heterocycles. The molecule has 29 heavy (non-hydrogen) atoms. The lowest BCUT2D eigenvalue weighted by Crippen LogP contribution is -2.38. The topological polar surface area (TPSA) is 145 Å². The fraction of sp³-hybridized carbons (Fsp3) is 0.286. The molecule has 0 heterocycles. The maximum Gasteiger partial charge on any atom is 0.243 e. The van der Waals surface area contributed by atoms with Crippen molar-refractivity contribution < 1.29 is 30.0 Å². The summed E-state index contributed by atoms with van der Waals surface area (Å²) in [5, 5.41) is 40.1. The Kier molecular flexibility index (Phi) is 8.32.